The molecule has 5 heteroatoms. The number of unbranched alkanes of at least 4 members (excludes halogenated alkanes) is 2. The van der Waals surface area contributed by atoms with Gasteiger partial charge in [0.25, 0.3) is 5.91 Å². The van der Waals surface area contributed by atoms with Crippen LogP contribution < -0.4 is 10.6 Å². The number of thioether (sulfide) groups is 1. The molecule has 1 aliphatic rings. The molecule has 22 heavy (non-hydrogen) atoms. The molecule has 0 bridgehead atoms. The van der Waals surface area contributed by atoms with Crippen LogP contribution in [0.5, 0.6) is 0 Å². The first-order valence-corrected chi connectivity index (χ1v) is 8.81. The standard InChI is InChI=1S/C17H24N2O2S/c1-4-5-6-7-11(2)18-17(21)13-8-9-15-14(10-13)19-16(20)12(3)22-15/h8-12H,4-7H2,1-3H3,(H,18,21)(H,19,20)/t11-,12-/m1/s1. The molecule has 0 saturated carbocycles. The van der Waals surface area contributed by atoms with E-state index < -0.39 is 0 Å². The van der Waals surface area contributed by atoms with Gasteiger partial charge in [-0.05, 0) is 38.5 Å². The molecule has 0 fully saturated rings. The van der Waals surface area contributed by atoms with Crippen molar-refractivity contribution in [2.75, 3.05) is 5.32 Å². The largest absolute Gasteiger partial charge is 0.350 e. The number of carbonyl (C=O) groups is 2. The zero-order chi connectivity index (χ0) is 16.1. The fourth-order valence-electron chi connectivity index (χ4n) is 2.43. The second kappa shape index (κ2) is 7.68. The molecule has 0 spiro atoms. The molecule has 1 aromatic carbocycles. The maximum Gasteiger partial charge on any atom is 0.251 e. The summed E-state index contributed by atoms with van der Waals surface area (Å²) in [5.41, 5.74) is 1.33. The zero-order valence-corrected chi connectivity index (χ0v) is 14.3. The van der Waals surface area contributed by atoms with E-state index in [0.29, 0.717) is 5.56 Å². The van der Waals surface area contributed by atoms with Gasteiger partial charge in [-0.15, -0.1) is 11.8 Å². The van der Waals surface area contributed by atoms with Crippen LogP contribution in [0.1, 0.15) is 56.8 Å². The summed E-state index contributed by atoms with van der Waals surface area (Å²) in [5.74, 6) is -0.0901. The van der Waals surface area contributed by atoms with E-state index >= 15 is 0 Å². The predicted molar refractivity (Wildman–Crippen MR) is 91.5 cm³/mol. The van der Waals surface area contributed by atoms with Crippen LogP contribution in [0, 0.1) is 0 Å². The molecular weight excluding hydrogens is 296 g/mol. The minimum absolute atomic E-state index is 0.0111. The van der Waals surface area contributed by atoms with Gasteiger partial charge in [0.05, 0.1) is 10.9 Å². The van der Waals surface area contributed by atoms with Crippen LogP contribution in [0.25, 0.3) is 0 Å². The lowest BCUT2D eigenvalue weighted by Crippen LogP contribution is -2.33. The van der Waals surface area contributed by atoms with Crippen LogP contribution in [0.3, 0.4) is 0 Å². The number of amides is 2. The number of nitrogens with one attached hydrogen (secondary N) is 2. The summed E-state index contributed by atoms with van der Waals surface area (Å²) in [6.45, 7) is 6.08. The summed E-state index contributed by atoms with van der Waals surface area (Å²) in [7, 11) is 0. The Morgan fingerprint density at radius 2 is 2.18 bits per heavy atom. The Kier molecular flexibility index (Phi) is 5.89. The van der Waals surface area contributed by atoms with Crippen LogP contribution in [-0.2, 0) is 4.79 Å². The Bertz CT molecular complexity index is 560. The monoisotopic (exact) mass is 320 g/mol. The normalized spacial score (nSPS) is 18.3. The quantitative estimate of drug-likeness (QED) is 0.783. The smallest absolute Gasteiger partial charge is 0.251 e. The highest BCUT2D eigenvalue weighted by Crippen LogP contribution is 2.35. The third kappa shape index (κ3) is 4.26. The fourth-order valence-corrected chi connectivity index (χ4v) is 3.36. The average molecular weight is 320 g/mol. The molecule has 2 atom stereocenters. The molecule has 120 valence electrons. The number of hydrogen-bond donors (Lipinski definition) is 2. The van der Waals surface area contributed by atoms with Crippen molar-refractivity contribution in [2.24, 2.45) is 0 Å². The molecule has 0 saturated heterocycles. The second-order valence-corrected chi connectivity index (χ2v) is 7.21. The van der Waals surface area contributed by atoms with Crippen molar-refractivity contribution >= 4 is 29.3 Å². The molecule has 2 N–H and O–H groups in total. The van der Waals surface area contributed by atoms with Crippen LogP contribution in [-0.4, -0.2) is 23.1 Å². The van der Waals surface area contributed by atoms with Crippen molar-refractivity contribution in [2.45, 2.75) is 62.6 Å². The van der Waals surface area contributed by atoms with Crippen molar-refractivity contribution in [1.29, 1.82) is 0 Å². The van der Waals surface area contributed by atoms with Gasteiger partial charge in [0.2, 0.25) is 5.91 Å². The SMILES string of the molecule is CCCCC[C@@H](C)NC(=O)c1ccc2c(c1)NC(=O)[C@@H](C)S2. The molecular formula is C17H24N2O2S. The van der Waals surface area contributed by atoms with Crippen LogP contribution in [0.15, 0.2) is 23.1 Å². The molecule has 1 aliphatic heterocycles. The van der Waals surface area contributed by atoms with Gasteiger partial charge < -0.3 is 10.6 Å². The lowest BCUT2D eigenvalue weighted by molar-refractivity contribution is -0.115. The summed E-state index contributed by atoms with van der Waals surface area (Å²) in [6, 6.07) is 5.66. The van der Waals surface area contributed by atoms with E-state index in [4.69, 9.17) is 0 Å². The number of anilines is 1. The first-order chi connectivity index (χ1) is 10.5. The lowest BCUT2D eigenvalue weighted by Gasteiger charge is -2.22. The minimum atomic E-state index is -0.0919. The van der Waals surface area contributed by atoms with Gasteiger partial charge in [-0.25, -0.2) is 0 Å². The van der Waals surface area contributed by atoms with E-state index in [1.54, 1.807) is 6.07 Å². The highest BCUT2D eigenvalue weighted by Gasteiger charge is 2.23. The molecule has 0 radical (unpaired) electrons. The Morgan fingerprint density at radius 3 is 2.91 bits per heavy atom. The Morgan fingerprint density at radius 1 is 1.41 bits per heavy atom. The number of rotatable bonds is 6. The highest BCUT2D eigenvalue weighted by atomic mass is 32.2. The van der Waals surface area contributed by atoms with Gasteiger partial charge in [0, 0.05) is 16.5 Å². The summed E-state index contributed by atoms with van der Waals surface area (Å²) >= 11 is 1.52. The molecule has 0 unspecified atom stereocenters. The first-order valence-electron chi connectivity index (χ1n) is 7.93. The third-order valence-corrected chi connectivity index (χ3v) is 4.97. The van der Waals surface area contributed by atoms with E-state index in [-0.39, 0.29) is 23.1 Å². The van der Waals surface area contributed by atoms with Crippen LogP contribution >= 0.6 is 11.8 Å². The van der Waals surface area contributed by atoms with Crippen LogP contribution in [0.2, 0.25) is 0 Å². The molecule has 0 aliphatic carbocycles. The molecule has 2 amide bonds. The van der Waals surface area contributed by atoms with Gasteiger partial charge in [0.15, 0.2) is 0 Å². The predicted octanol–water partition coefficient (Wildman–Crippen LogP) is 3.82. The Balaban J connectivity index is 1.99. The van der Waals surface area contributed by atoms with Crippen molar-refractivity contribution in [1.82, 2.24) is 5.32 Å². The van der Waals surface area contributed by atoms with Crippen molar-refractivity contribution < 1.29 is 9.59 Å². The molecule has 2 rings (SSSR count). The highest BCUT2D eigenvalue weighted by molar-refractivity contribution is 8.00. The van der Waals surface area contributed by atoms with Gasteiger partial charge in [-0.2, -0.15) is 0 Å². The topological polar surface area (TPSA) is 58.2 Å². The van der Waals surface area contributed by atoms with Gasteiger partial charge >= 0.3 is 0 Å². The summed E-state index contributed by atoms with van der Waals surface area (Å²) in [4.78, 5) is 25.0. The summed E-state index contributed by atoms with van der Waals surface area (Å²) in [5, 5.41) is 5.79. The molecule has 1 heterocycles. The number of fused-ring (bicyclic) bond motifs is 1. The summed E-state index contributed by atoms with van der Waals surface area (Å²) < 4.78 is 0. The van der Waals surface area contributed by atoms with Gasteiger partial charge in [0.1, 0.15) is 0 Å². The third-order valence-electron chi connectivity index (χ3n) is 3.79. The van der Waals surface area contributed by atoms with Crippen molar-refractivity contribution in [3.8, 4) is 0 Å². The van der Waals surface area contributed by atoms with Crippen LogP contribution in [0.4, 0.5) is 5.69 Å². The van der Waals surface area contributed by atoms with Crippen molar-refractivity contribution in [3.63, 3.8) is 0 Å². The Labute approximate surface area is 136 Å². The van der Waals surface area contributed by atoms with E-state index in [1.807, 2.05) is 26.0 Å². The molecule has 1 aromatic rings. The zero-order valence-electron chi connectivity index (χ0n) is 13.4. The second-order valence-electron chi connectivity index (χ2n) is 5.83. The lowest BCUT2D eigenvalue weighted by atomic mass is 10.1. The van der Waals surface area contributed by atoms with E-state index in [2.05, 4.69) is 17.6 Å². The molecule has 4 nitrogen and oxygen atoms in total. The van der Waals surface area contributed by atoms with Gasteiger partial charge in [-0.3, -0.25) is 9.59 Å². The number of benzene rings is 1. The first kappa shape index (κ1) is 16.9. The summed E-state index contributed by atoms with van der Waals surface area (Å²) in [6.07, 6.45) is 4.50. The fraction of sp³-hybridized carbons (Fsp3) is 0.529. The van der Waals surface area contributed by atoms with E-state index in [0.717, 1.165) is 23.4 Å². The van der Waals surface area contributed by atoms with Gasteiger partial charge in [-0.1, -0.05) is 26.2 Å². The molecule has 0 aromatic heterocycles. The number of carbonyl (C=O) groups excluding carboxylic acids is 2. The Hall–Kier alpha value is -1.49. The van der Waals surface area contributed by atoms with Crippen molar-refractivity contribution in [3.05, 3.63) is 23.8 Å². The maximum absolute atomic E-state index is 12.3. The van der Waals surface area contributed by atoms with E-state index in [1.165, 1.54) is 24.6 Å². The average Bonchev–Trinajstić information content (AvgIpc) is 2.48. The van der Waals surface area contributed by atoms with E-state index in [9.17, 15) is 9.59 Å². The maximum atomic E-state index is 12.3. The number of hydrogen-bond acceptors (Lipinski definition) is 3. The minimum Gasteiger partial charge on any atom is -0.350 e.